The highest BCUT2D eigenvalue weighted by Gasteiger charge is 2.27. The first-order valence-electron chi connectivity index (χ1n) is 8.08. The molecule has 1 rings (SSSR count). The lowest BCUT2D eigenvalue weighted by Gasteiger charge is -2.34. The molecule has 1 unspecified atom stereocenters. The molecule has 126 valence electrons. The maximum absolute atomic E-state index is 8.55. The zero-order chi connectivity index (χ0) is 17.3. The van der Waals surface area contributed by atoms with Crippen LogP contribution in [-0.4, -0.2) is 23.4 Å². The second-order valence-electron chi connectivity index (χ2n) is 5.85. The van der Waals surface area contributed by atoms with E-state index in [1.165, 1.54) is 19.3 Å². The van der Waals surface area contributed by atoms with Gasteiger partial charge in [0.2, 0.25) is 0 Å². The minimum Gasteiger partial charge on any atom is -0.512 e. The number of hydrogen-bond donors (Lipinski definition) is 3. The van der Waals surface area contributed by atoms with E-state index < -0.39 is 7.32 Å². The predicted octanol–water partition coefficient (Wildman–Crippen LogP) is 3.20. The molecule has 4 N–H and O–H groups in total. The predicted molar refractivity (Wildman–Crippen MR) is 93.7 cm³/mol. The molecule has 0 radical (unpaired) electrons. The van der Waals surface area contributed by atoms with Gasteiger partial charge in [-0.1, -0.05) is 32.9 Å². The minimum absolute atomic E-state index is 0.340. The van der Waals surface area contributed by atoms with Crippen molar-refractivity contribution in [1.29, 1.82) is 0 Å². The molecule has 0 aromatic heterocycles. The van der Waals surface area contributed by atoms with Crippen LogP contribution in [0.15, 0.2) is 18.2 Å². The van der Waals surface area contributed by atoms with Crippen LogP contribution in [0.3, 0.4) is 0 Å². The maximum Gasteiger partial charge on any atom is 0.707 e. The first-order valence-corrected chi connectivity index (χ1v) is 8.08. The number of nitrogens with two attached hydrogens (primary N) is 1. The Morgan fingerprint density at radius 1 is 1.14 bits per heavy atom. The average molecular weight is 309 g/mol. The highest BCUT2D eigenvalue weighted by molar-refractivity contribution is 6.33. The molecular formula is C17H32BNO3. The van der Waals surface area contributed by atoms with E-state index in [0.29, 0.717) is 17.2 Å². The van der Waals surface area contributed by atoms with E-state index in [-0.39, 0.29) is 0 Å². The first-order chi connectivity index (χ1) is 10.2. The van der Waals surface area contributed by atoms with Gasteiger partial charge in [-0.25, -0.2) is 0 Å². The highest BCUT2D eigenvalue weighted by Crippen LogP contribution is 2.32. The number of benzene rings is 1. The van der Waals surface area contributed by atoms with E-state index in [9.17, 15) is 0 Å². The zero-order valence-electron chi connectivity index (χ0n) is 14.9. The van der Waals surface area contributed by atoms with Crippen molar-refractivity contribution in [2.75, 3.05) is 0 Å². The summed E-state index contributed by atoms with van der Waals surface area (Å²) in [6.45, 7) is 12.6. The molecule has 1 aromatic carbocycles. The Morgan fingerprint density at radius 2 is 1.64 bits per heavy atom. The summed E-state index contributed by atoms with van der Waals surface area (Å²) in [5, 5.41) is 17.1. The molecule has 0 aliphatic rings. The first kappa shape index (κ1) is 21.0. The molecule has 0 amide bonds. The lowest BCUT2D eigenvalue weighted by molar-refractivity contribution is 0.204. The molecule has 0 bridgehead atoms. The summed E-state index contributed by atoms with van der Waals surface area (Å²) in [7, 11) is -1.74. The van der Waals surface area contributed by atoms with Gasteiger partial charge in [-0.05, 0) is 62.6 Å². The van der Waals surface area contributed by atoms with Crippen LogP contribution in [0.1, 0.15) is 58.1 Å². The van der Waals surface area contributed by atoms with E-state index in [1.807, 2.05) is 19.9 Å². The van der Waals surface area contributed by atoms with E-state index >= 15 is 0 Å². The van der Waals surface area contributed by atoms with Gasteiger partial charge in [0.05, 0.1) is 0 Å². The molecule has 0 fully saturated rings. The van der Waals surface area contributed by atoms with Crippen molar-refractivity contribution >= 4 is 7.32 Å². The highest BCUT2D eigenvalue weighted by atomic mass is 16.6. The van der Waals surface area contributed by atoms with Crippen molar-refractivity contribution in [3.63, 3.8) is 0 Å². The molecule has 0 heterocycles. The molecule has 4 nitrogen and oxygen atoms in total. The Kier molecular flexibility index (Phi) is 9.41. The lowest BCUT2D eigenvalue weighted by atomic mass is 9.74. The smallest absolute Gasteiger partial charge is 0.512 e. The molecular weight excluding hydrogens is 277 g/mol. The zero-order valence-corrected chi connectivity index (χ0v) is 14.9. The Morgan fingerprint density at radius 3 is 1.95 bits per heavy atom. The van der Waals surface area contributed by atoms with E-state index in [4.69, 9.17) is 20.4 Å². The van der Waals surface area contributed by atoms with Gasteiger partial charge in [0, 0.05) is 6.04 Å². The van der Waals surface area contributed by atoms with Crippen molar-refractivity contribution in [3.05, 3.63) is 29.3 Å². The van der Waals surface area contributed by atoms with Crippen molar-refractivity contribution in [2.45, 2.75) is 66.8 Å². The molecule has 5 heteroatoms. The summed E-state index contributed by atoms with van der Waals surface area (Å²) >= 11 is 0. The van der Waals surface area contributed by atoms with Crippen LogP contribution in [0.2, 0.25) is 0 Å². The molecule has 0 aliphatic carbocycles. The van der Waals surface area contributed by atoms with Gasteiger partial charge in [-0.2, -0.15) is 0 Å². The molecule has 1 aromatic rings. The molecule has 0 saturated carbocycles. The van der Waals surface area contributed by atoms with E-state index in [1.54, 1.807) is 12.1 Å². The third kappa shape index (κ3) is 5.99. The summed E-state index contributed by atoms with van der Waals surface area (Å²) in [6.07, 6.45) is 3.62. The van der Waals surface area contributed by atoms with Crippen molar-refractivity contribution in [1.82, 2.24) is 0 Å². The summed E-state index contributed by atoms with van der Waals surface area (Å²) in [5.41, 5.74) is 8.29. The average Bonchev–Trinajstić information content (AvgIpc) is 2.46. The van der Waals surface area contributed by atoms with Crippen LogP contribution >= 0.6 is 0 Å². The molecule has 1 atom stereocenters. The summed E-state index contributed by atoms with van der Waals surface area (Å²) in [4.78, 5) is 0. The largest absolute Gasteiger partial charge is 0.707 e. The molecule has 0 spiro atoms. The van der Waals surface area contributed by atoms with Crippen molar-refractivity contribution < 1.29 is 14.7 Å². The third-order valence-electron chi connectivity index (χ3n) is 4.87. The van der Waals surface area contributed by atoms with Crippen LogP contribution < -0.4 is 10.4 Å². The fourth-order valence-electron chi connectivity index (χ4n) is 2.68. The van der Waals surface area contributed by atoms with Crippen LogP contribution in [0.5, 0.6) is 5.75 Å². The topological polar surface area (TPSA) is 75.7 Å². The monoisotopic (exact) mass is 309 g/mol. The van der Waals surface area contributed by atoms with Gasteiger partial charge < -0.3 is 20.4 Å². The summed E-state index contributed by atoms with van der Waals surface area (Å²) in [5.74, 6) is 0.505. The van der Waals surface area contributed by atoms with Crippen LogP contribution in [0.25, 0.3) is 0 Å². The van der Waals surface area contributed by atoms with Crippen molar-refractivity contribution in [2.24, 2.45) is 11.1 Å². The van der Waals surface area contributed by atoms with Crippen LogP contribution in [0.4, 0.5) is 0 Å². The Bertz CT molecular complexity index is 424. The van der Waals surface area contributed by atoms with Gasteiger partial charge in [0.1, 0.15) is 5.75 Å². The Hall–Kier alpha value is -1.04. The number of aryl methyl sites for hydroxylation is 1. The number of hydrogen-bond acceptors (Lipinski definition) is 4. The van der Waals surface area contributed by atoms with Crippen LogP contribution in [0, 0.1) is 19.3 Å². The minimum atomic E-state index is -1.74. The second-order valence-corrected chi connectivity index (χ2v) is 5.85. The van der Waals surface area contributed by atoms with Crippen LogP contribution in [-0.2, 0) is 0 Å². The summed E-state index contributed by atoms with van der Waals surface area (Å²) < 4.78 is 4.74. The normalized spacial score (nSPS) is 12.2. The van der Waals surface area contributed by atoms with E-state index in [2.05, 4.69) is 27.7 Å². The van der Waals surface area contributed by atoms with E-state index in [0.717, 1.165) is 11.1 Å². The van der Waals surface area contributed by atoms with Gasteiger partial charge in [0.25, 0.3) is 0 Å². The quantitative estimate of drug-likeness (QED) is 0.705. The fourth-order valence-corrected chi connectivity index (χ4v) is 2.68. The molecule has 0 aliphatic heterocycles. The number of rotatable bonds is 6. The van der Waals surface area contributed by atoms with Gasteiger partial charge in [-0.15, -0.1) is 0 Å². The summed E-state index contributed by atoms with van der Waals surface area (Å²) in [6, 6.07) is 5.78. The van der Waals surface area contributed by atoms with Gasteiger partial charge in [-0.3, -0.25) is 0 Å². The maximum atomic E-state index is 8.55. The Balaban J connectivity index is 0.000000409. The lowest BCUT2D eigenvalue weighted by Crippen LogP contribution is -2.38. The second kappa shape index (κ2) is 9.88. The SMILES string of the molecule is CCC(CC)(CC)C(C)N.Cc1cccc(OB(O)O)c1C. The van der Waals surface area contributed by atoms with Crippen molar-refractivity contribution in [3.8, 4) is 5.75 Å². The third-order valence-corrected chi connectivity index (χ3v) is 4.87. The molecule has 22 heavy (non-hydrogen) atoms. The Labute approximate surface area is 135 Å². The standard InChI is InChI=1S/C9H21N.C8H11BO3/c1-5-9(6-2,7-3)8(4)10;1-6-4-3-5-8(7(6)2)12-9(10)11/h8H,5-7,10H2,1-4H3;3-5,10-11H,1-2H3. The fraction of sp³-hybridized carbons (Fsp3) is 0.647. The van der Waals surface area contributed by atoms with Gasteiger partial charge in [0.15, 0.2) is 0 Å². The van der Waals surface area contributed by atoms with Gasteiger partial charge >= 0.3 is 7.32 Å². The molecule has 0 saturated heterocycles.